The minimum Gasteiger partial charge on any atom is -0.481 e. The zero-order valence-electron chi connectivity index (χ0n) is 9.42. The first-order chi connectivity index (χ1) is 7.95. The van der Waals surface area contributed by atoms with E-state index in [2.05, 4.69) is 6.58 Å². The molecule has 0 rings (SSSR count). The first-order valence-corrected chi connectivity index (χ1v) is 5.18. The van der Waals surface area contributed by atoms with Gasteiger partial charge in [-0.3, -0.25) is 9.59 Å². The lowest BCUT2D eigenvalue weighted by molar-refractivity contribution is -0.143. The summed E-state index contributed by atoms with van der Waals surface area (Å²) >= 11 is 0. The molecule has 1 unspecified atom stereocenters. The van der Waals surface area contributed by atoms with Crippen molar-refractivity contribution in [1.29, 1.82) is 0 Å². The highest BCUT2D eigenvalue weighted by Gasteiger charge is 2.15. The number of hydrogen-bond acceptors (Lipinski definition) is 4. The average molecular weight is 244 g/mol. The summed E-state index contributed by atoms with van der Waals surface area (Å²) in [6.07, 6.45) is 1.58. The molecule has 0 amide bonds. The molecule has 0 spiro atoms. The largest absolute Gasteiger partial charge is 0.481 e. The molecule has 6 heteroatoms. The molecule has 0 aliphatic rings. The summed E-state index contributed by atoms with van der Waals surface area (Å²) < 4.78 is 4.74. The number of rotatable bonds is 9. The molecule has 17 heavy (non-hydrogen) atoms. The third kappa shape index (κ3) is 9.10. The van der Waals surface area contributed by atoms with Crippen molar-refractivity contribution in [2.45, 2.75) is 25.7 Å². The summed E-state index contributed by atoms with van der Waals surface area (Å²) in [6, 6.07) is 0. The third-order valence-corrected chi connectivity index (χ3v) is 2.09. The standard InChI is InChI=1S/C11H16O6/c1-2-11(16)17-7-8(6-10(14)15)4-3-5-9(12)13/h2,8H,1,3-7H2,(H,12,13)(H,14,15). The van der Waals surface area contributed by atoms with Crippen LogP contribution in [0.25, 0.3) is 0 Å². The summed E-state index contributed by atoms with van der Waals surface area (Å²) in [5.41, 5.74) is 0. The van der Waals surface area contributed by atoms with Crippen LogP contribution in [0.1, 0.15) is 25.7 Å². The van der Waals surface area contributed by atoms with E-state index >= 15 is 0 Å². The van der Waals surface area contributed by atoms with E-state index in [9.17, 15) is 14.4 Å². The Morgan fingerprint density at radius 1 is 1.24 bits per heavy atom. The van der Waals surface area contributed by atoms with E-state index in [1.54, 1.807) is 0 Å². The second kappa shape index (κ2) is 8.32. The predicted octanol–water partition coefficient (Wildman–Crippen LogP) is 1.06. The van der Waals surface area contributed by atoms with Crippen molar-refractivity contribution in [3.8, 4) is 0 Å². The number of carbonyl (C=O) groups excluding carboxylic acids is 1. The number of carboxylic acids is 2. The van der Waals surface area contributed by atoms with Crippen molar-refractivity contribution in [1.82, 2.24) is 0 Å². The van der Waals surface area contributed by atoms with Gasteiger partial charge in [-0.2, -0.15) is 0 Å². The van der Waals surface area contributed by atoms with Gasteiger partial charge < -0.3 is 14.9 Å². The number of esters is 1. The number of ether oxygens (including phenoxy) is 1. The Morgan fingerprint density at radius 2 is 1.88 bits per heavy atom. The van der Waals surface area contributed by atoms with E-state index in [1.165, 1.54) is 0 Å². The van der Waals surface area contributed by atoms with E-state index in [4.69, 9.17) is 14.9 Å². The van der Waals surface area contributed by atoms with Gasteiger partial charge in [-0.25, -0.2) is 4.79 Å². The number of carboxylic acid groups (broad SMARTS) is 2. The van der Waals surface area contributed by atoms with Gasteiger partial charge in [-0.1, -0.05) is 6.58 Å². The smallest absolute Gasteiger partial charge is 0.330 e. The maximum Gasteiger partial charge on any atom is 0.330 e. The quantitative estimate of drug-likeness (QED) is 0.464. The summed E-state index contributed by atoms with van der Waals surface area (Å²) in [6.45, 7) is 3.19. The molecule has 96 valence electrons. The van der Waals surface area contributed by atoms with Gasteiger partial charge in [0, 0.05) is 18.4 Å². The van der Waals surface area contributed by atoms with Gasteiger partial charge in [0.2, 0.25) is 0 Å². The first kappa shape index (κ1) is 15.2. The third-order valence-electron chi connectivity index (χ3n) is 2.09. The molecule has 0 aliphatic heterocycles. The number of hydrogen-bond donors (Lipinski definition) is 2. The van der Waals surface area contributed by atoms with E-state index in [0.717, 1.165) is 6.08 Å². The fraction of sp³-hybridized carbons (Fsp3) is 0.545. The fourth-order valence-corrected chi connectivity index (χ4v) is 1.29. The van der Waals surface area contributed by atoms with E-state index in [0.29, 0.717) is 12.8 Å². The van der Waals surface area contributed by atoms with E-state index in [1.807, 2.05) is 0 Å². The van der Waals surface area contributed by atoms with Gasteiger partial charge in [0.25, 0.3) is 0 Å². The molecular weight excluding hydrogens is 228 g/mol. The van der Waals surface area contributed by atoms with Gasteiger partial charge in [0.1, 0.15) is 0 Å². The highest BCUT2D eigenvalue weighted by molar-refractivity contribution is 5.81. The Bertz CT molecular complexity index is 296. The Kier molecular flexibility index (Phi) is 7.41. The molecule has 6 nitrogen and oxygen atoms in total. The van der Waals surface area contributed by atoms with Crippen LogP contribution in [0.15, 0.2) is 12.7 Å². The van der Waals surface area contributed by atoms with E-state index in [-0.39, 0.29) is 25.4 Å². The van der Waals surface area contributed by atoms with Crippen LogP contribution in [0.2, 0.25) is 0 Å². The molecule has 0 aromatic carbocycles. The predicted molar refractivity (Wildman–Crippen MR) is 58.4 cm³/mol. The minimum atomic E-state index is -1.00. The highest BCUT2D eigenvalue weighted by Crippen LogP contribution is 2.13. The van der Waals surface area contributed by atoms with Crippen LogP contribution in [0, 0.1) is 5.92 Å². The second-order valence-electron chi connectivity index (χ2n) is 3.58. The fourth-order valence-electron chi connectivity index (χ4n) is 1.29. The molecule has 0 heterocycles. The van der Waals surface area contributed by atoms with Crippen LogP contribution in [0.3, 0.4) is 0 Å². The summed E-state index contributed by atoms with van der Waals surface area (Å²) in [4.78, 5) is 31.6. The maximum absolute atomic E-state index is 10.8. The SMILES string of the molecule is C=CC(=O)OCC(CCCC(=O)O)CC(=O)O. The van der Waals surface area contributed by atoms with Gasteiger partial charge in [-0.05, 0) is 12.8 Å². The average Bonchev–Trinajstić information content (AvgIpc) is 2.23. The monoisotopic (exact) mass is 244 g/mol. The first-order valence-electron chi connectivity index (χ1n) is 5.18. The van der Waals surface area contributed by atoms with Gasteiger partial charge in [-0.15, -0.1) is 0 Å². The molecular formula is C11H16O6. The van der Waals surface area contributed by atoms with Crippen molar-refractivity contribution >= 4 is 17.9 Å². The highest BCUT2D eigenvalue weighted by atomic mass is 16.5. The van der Waals surface area contributed by atoms with Crippen molar-refractivity contribution in [2.24, 2.45) is 5.92 Å². The topological polar surface area (TPSA) is 101 Å². The Balaban J connectivity index is 4.04. The zero-order valence-corrected chi connectivity index (χ0v) is 9.42. The lowest BCUT2D eigenvalue weighted by atomic mass is 9.99. The lowest BCUT2D eigenvalue weighted by Crippen LogP contribution is -2.17. The molecule has 0 aliphatic carbocycles. The van der Waals surface area contributed by atoms with Crippen molar-refractivity contribution in [3.05, 3.63) is 12.7 Å². The molecule has 0 bridgehead atoms. The van der Waals surface area contributed by atoms with Crippen LogP contribution in [-0.2, 0) is 19.1 Å². The molecule has 1 atom stereocenters. The van der Waals surface area contributed by atoms with Gasteiger partial charge >= 0.3 is 17.9 Å². The second-order valence-corrected chi connectivity index (χ2v) is 3.58. The van der Waals surface area contributed by atoms with Crippen molar-refractivity contribution < 1.29 is 29.3 Å². The Hall–Kier alpha value is -1.85. The minimum absolute atomic E-state index is 0.0223. The molecule has 0 aromatic heterocycles. The molecule has 0 radical (unpaired) electrons. The normalized spacial score (nSPS) is 11.5. The van der Waals surface area contributed by atoms with Crippen LogP contribution >= 0.6 is 0 Å². The van der Waals surface area contributed by atoms with Crippen LogP contribution in [0.4, 0.5) is 0 Å². The molecule has 0 fully saturated rings. The molecule has 0 saturated carbocycles. The van der Waals surface area contributed by atoms with Crippen LogP contribution < -0.4 is 0 Å². The molecule has 0 aromatic rings. The Morgan fingerprint density at radius 3 is 2.35 bits per heavy atom. The molecule has 2 N–H and O–H groups in total. The zero-order chi connectivity index (χ0) is 13.3. The van der Waals surface area contributed by atoms with Gasteiger partial charge in [0.15, 0.2) is 0 Å². The molecule has 0 saturated heterocycles. The Labute approximate surface area is 98.9 Å². The van der Waals surface area contributed by atoms with Crippen molar-refractivity contribution in [3.63, 3.8) is 0 Å². The summed E-state index contributed by atoms with van der Waals surface area (Å²) in [7, 11) is 0. The van der Waals surface area contributed by atoms with Crippen molar-refractivity contribution in [2.75, 3.05) is 6.61 Å². The lowest BCUT2D eigenvalue weighted by Gasteiger charge is -2.13. The van der Waals surface area contributed by atoms with Gasteiger partial charge in [0.05, 0.1) is 13.0 Å². The number of aliphatic carboxylic acids is 2. The van der Waals surface area contributed by atoms with E-state index < -0.39 is 17.9 Å². The van der Waals surface area contributed by atoms with Crippen LogP contribution in [0.5, 0.6) is 0 Å². The summed E-state index contributed by atoms with van der Waals surface area (Å²) in [5.74, 6) is -2.91. The summed E-state index contributed by atoms with van der Waals surface area (Å²) in [5, 5.41) is 17.1. The number of carbonyl (C=O) groups is 3. The van der Waals surface area contributed by atoms with Crippen LogP contribution in [-0.4, -0.2) is 34.7 Å². The maximum atomic E-state index is 10.8.